The highest BCUT2D eigenvalue weighted by Gasteiger charge is 2.46. The van der Waals surface area contributed by atoms with E-state index in [9.17, 15) is 18.7 Å². The number of aliphatic hydroxyl groups is 1. The zero-order chi connectivity index (χ0) is 18.2. The van der Waals surface area contributed by atoms with E-state index < -0.39 is 11.5 Å². The molecule has 3 rings (SSSR count). The summed E-state index contributed by atoms with van der Waals surface area (Å²) in [7, 11) is 0. The first kappa shape index (κ1) is 18.3. The van der Waals surface area contributed by atoms with Crippen molar-refractivity contribution in [2.75, 3.05) is 0 Å². The van der Waals surface area contributed by atoms with Gasteiger partial charge in [-0.05, 0) is 50.3 Å². The Labute approximate surface area is 148 Å². The second-order valence-corrected chi connectivity index (χ2v) is 7.77. The summed E-state index contributed by atoms with van der Waals surface area (Å²) in [6, 6.07) is 6.65. The number of alkyl halides is 2. The quantitative estimate of drug-likeness (QED) is 0.849. The average Bonchev–Trinajstić information content (AvgIpc) is 3.40. The average molecular weight is 351 g/mol. The van der Waals surface area contributed by atoms with Crippen LogP contribution < -0.4 is 0 Å². The highest BCUT2D eigenvalue weighted by Crippen LogP contribution is 2.38. The van der Waals surface area contributed by atoms with Gasteiger partial charge in [0.2, 0.25) is 0 Å². The van der Waals surface area contributed by atoms with E-state index in [1.807, 2.05) is 4.90 Å². The summed E-state index contributed by atoms with van der Waals surface area (Å²) in [6.07, 6.45) is 7.77. The van der Waals surface area contributed by atoms with Crippen molar-refractivity contribution in [3.05, 3.63) is 35.4 Å². The Morgan fingerprint density at radius 1 is 1.00 bits per heavy atom. The number of rotatable bonds is 5. The van der Waals surface area contributed by atoms with Crippen molar-refractivity contribution in [1.82, 2.24) is 4.90 Å². The van der Waals surface area contributed by atoms with Crippen molar-refractivity contribution in [1.29, 1.82) is 0 Å². The van der Waals surface area contributed by atoms with Crippen LogP contribution in [-0.2, 0) is 5.60 Å². The molecule has 0 saturated heterocycles. The zero-order valence-corrected chi connectivity index (χ0v) is 15.0. The SMILES string of the molecule is CC(F)(F)C(C)(O)c1ccc(C(=O)N(C2CCCCC2)C2CC2)cc1. The summed E-state index contributed by atoms with van der Waals surface area (Å²) in [4.78, 5) is 15.0. The lowest BCUT2D eigenvalue weighted by atomic mass is 9.89. The first-order valence-electron chi connectivity index (χ1n) is 9.25. The Morgan fingerprint density at radius 3 is 2.00 bits per heavy atom. The van der Waals surface area contributed by atoms with E-state index in [1.165, 1.54) is 18.6 Å². The maximum atomic E-state index is 13.6. The third-order valence-electron chi connectivity index (χ3n) is 5.69. The van der Waals surface area contributed by atoms with Gasteiger partial charge in [-0.15, -0.1) is 0 Å². The molecule has 5 heteroatoms. The molecule has 2 saturated carbocycles. The Kier molecular flexibility index (Phi) is 4.89. The molecule has 1 N–H and O–H groups in total. The highest BCUT2D eigenvalue weighted by molar-refractivity contribution is 5.95. The van der Waals surface area contributed by atoms with Crippen molar-refractivity contribution in [2.24, 2.45) is 0 Å². The summed E-state index contributed by atoms with van der Waals surface area (Å²) < 4.78 is 27.2. The Hall–Kier alpha value is -1.49. The molecule has 3 nitrogen and oxygen atoms in total. The van der Waals surface area contributed by atoms with Gasteiger partial charge in [-0.25, -0.2) is 8.78 Å². The lowest BCUT2D eigenvalue weighted by molar-refractivity contribution is -0.165. The van der Waals surface area contributed by atoms with Crippen LogP contribution in [0.5, 0.6) is 0 Å². The molecule has 0 spiro atoms. The van der Waals surface area contributed by atoms with Crippen LogP contribution in [0.25, 0.3) is 0 Å². The van der Waals surface area contributed by atoms with Gasteiger partial charge in [-0.1, -0.05) is 31.4 Å². The van der Waals surface area contributed by atoms with Gasteiger partial charge in [0.1, 0.15) is 5.60 Å². The fourth-order valence-electron chi connectivity index (χ4n) is 3.68. The molecule has 1 aromatic rings. The Bertz CT molecular complexity index is 612. The van der Waals surface area contributed by atoms with E-state index in [0.717, 1.165) is 45.4 Å². The minimum atomic E-state index is -3.26. The lowest BCUT2D eigenvalue weighted by Crippen LogP contribution is -2.43. The smallest absolute Gasteiger partial charge is 0.277 e. The summed E-state index contributed by atoms with van der Waals surface area (Å²) in [5.74, 6) is -3.27. The molecule has 2 aliphatic rings. The largest absolute Gasteiger partial charge is 0.379 e. The van der Waals surface area contributed by atoms with Gasteiger partial charge in [0, 0.05) is 24.6 Å². The van der Waals surface area contributed by atoms with Crippen molar-refractivity contribution in [2.45, 2.75) is 82.4 Å². The Balaban J connectivity index is 1.79. The second kappa shape index (κ2) is 6.67. The number of benzene rings is 1. The molecule has 0 aromatic heterocycles. The third kappa shape index (κ3) is 3.71. The molecule has 0 radical (unpaired) electrons. The van der Waals surface area contributed by atoms with Crippen molar-refractivity contribution in [3.63, 3.8) is 0 Å². The van der Waals surface area contributed by atoms with Crippen LogP contribution in [0.4, 0.5) is 8.78 Å². The molecular formula is C20H27F2NO2. The summed E-state index contributed by atoms with van der Waals surface area (Å²) >= 11 is 0. The lowest BCUT2D eigenvalue weighted by Gasteiger charge is -2.35. The number of halogens is 2. The molecule has 138 valence electrons. The molecule has 2 fully saturated rings. The van der Waals surface area contributed by atoms with Crippen molar-refractivity contribution >= 4 is 5.91 Å². The standard InChI is InChI=1S/C20H27F2NO2/c1-19(25,20(2,21)22)15-10-8-14(9-11-15)18(24)23(17-12-13-17)16-6-4-3-5-7-16/h8-11,16-17,25H,3-7,12-13H2,1-2H3. The molecule has 1 aromatic carbocycles. The number of nitrogens with zero attached hydrogens (tertiary/aromatic N) is 1. The van der Waals surface area contributed by atoms with Gasteiger partial charge in [0.15, 0.2) is 0 Å². The van der Waals surface area contributed by atoms with E-state index in [0.29, 0.717) is 24.6 Å². The maximum Gasteiger partial charge on any atom is 0.277 e. The molecule has 1 atom stereocenters. The topological polar surface area (TPSA) is 40.5 Å². The van der Waals surface area contributed by atoms with E-state index in [2.05, 4.69) is 0 Å². The van der Waals surface area contributed by atoms with Crippen LogP contribution in [0.1, 0.15) is 74.7 Å². The van der Waals surface area contributed by atoms with E-state index in [4.69, 9.17) is 0 Å². The van der Waals surface area contributed by atoms with Gasteiger partial charge in [0.25, 0.3) is 11.8 Å². The molecule has 1 unspecified atom stereocenters. The van der Waals surface area contributed by atoms with E-state index in [-0.39, 0.29) is 11.5 Å². The Morgan fingerprint density at radius 2 is 1.52 bits per heavy atom. The van der Waals surface area contributed by atoms with Crippen LogP contribution in [0.15, 0.2) is 24.3 Å². The number of hydrogen-bond donors (Lipinski definition) is 1. The fourth-order valence-corrected chi connectivity index (χ4v) is 3.68. The number of carbonyl (C=O) groups excluding carboxylic acids is 1. The van der Waals surface area contributed by atoms with Crippen molar-refractivity contribution < 1.29 is 18.7 Å². The normalized spacial score (nSPS) is 21.6. The molecule has 0 heterocycles. The van der Waals surface area contributed by atoms with Crippen LogP contribution in [0.2, 0.25) is 0 Å². The minimum Gasteiger partial charge on any atom is -0.379 e. The molecule has 0 aliphatic heterocycles. The first-order chi connectivity index (χ1) is 11.7. The highest BCUT2D eigenvalue weighted by atomic mass is 19.3. The van der Waals surface area contributed by atoms with Crippen LogP contribution in [-0.4, -0.2) is 33.9 Å². The van der Waals surface area contributed by atoms with Gasteiger partial charge in [-0.2, -0.15) is 0 Å². The second-order valence-electron chi connectivity index (χ2n) is 7.77. The van der Waals surface area contributed by atoms with Crippen LogP contribution in [0.3, 0.4) is 0 Å². The van der Waals surface area contributed by atoms with Gasteiger partial charge >= 0.3 is 0 Å². The van der Waals surface area contributed by atoms with Crippen molar-refractivity contribution in [3.8, 4) is 0 Å². The predicted octanol–water partition coefficient (Wildman–Crippen LogP) is 4.49. The molecular weight excluding hydrogens is 324 g/mol. The monoisotopic (exact) mass is 351 g/mol. The number of hydrogen-bond acceptors (Lipinski definition) is 2. The van der Waals surface area contributed by atoms with Crippen LogP contribution >= 0.6 is 0 Å². The predicted molar refractivity (Wildman–Crippen MR) is 92.7 cm³/mol. The molecule has 1 amide bonds. The van der Waals surface area contributed by atoms with Gasteiger partial charge in [-0.3, -0.25) is 4.79 Å². The number of carbonyl (C=O) groups is 1. The molecule has 25 heavy (non-hydrogen) atoms. The van der Waals surface area contributed by atoms with Gasteiger partial charge in [0.05, 0.1) is 0 Å². The fraction of sp³-hybridized carbons (Fsp3) is 0.650. The van der Waals surface area contributed by atoms with Gasteiger partial charge < -0.3 is 10.0 Å². The zero-order valence-electron chi connectivity index (χ0n) is 15.0. The summed E-state index contributed by atoms with van der Waals surface area (Å²) in [6.45, 7) is 1.80. The van der Waals surface area contributed by atoms with E-state index in [1.54, 1.807) is 12.1 Å². The number of amides is 1. The summed E-state index contributed by atoms with van der Waals surface area (Å²) in [5, 5.41) is 10.1. The molecule has 0 bridgehead atoms. The first-order valence-corrected chi connectivity index (χ1v) is 9.25. The minimum absolute atomic E-state index is 0.0103. The van der Waals surface area contributed by atoms with Crippen LogP contribution in [0, 0.1) is 0 Å². The van der Waals surface area contributed by atoms with E-state index >= 15 is 0 Å². The summed E-state index contributed by atoms with van der Waals surface area (Å²) in [5.41, 5.74) is -1.63. The third-order valence-corrected chi connectivity index (χ3v) is 5.69. The molecule has 2 aliphatic carbocycles. The maximum absolute atomic E-state index is 13.6.